The van der Waals surface area contributed by atoms with Crippen LogP contribution in [0.5, 0.6) is 0 Å². The summed E-state index contributed by atoms with van der Waals surface area (Å²) < 4.78 is 14.2. The van der Waals surface area contributed by atoms with Crippen LogP contribution in [0.1, 0.15) is 29.5 Å². The van der Waals surface area contributed by atoms with E-state index in [0.29, 0.717) is 40.2 Å². The maximum absolute atomic E-state index is 14.2. The van der Waals surface area contributed by atoms with Gasteiger partial charge in [0.2, 0.25) is 5.91 Å². The third kappa shape index (κ3) is 4.24. The quantitative estimate of drug-likeness (QED) is 0.198. The Bertz CT molecular complexity index is 1310. The van der Waals surface area contributed by atoms with Crippen LogP contribution in [0.4, 0.5) is 10.1 Å². The van der Waals surface area contributed by atoms with E-state index in [4.69, 9.17) is 28.5 Å². The van der Waals surface area contributed by atoms with Gasteiger partial charge in [0.05, 0.1) is 11.0 Å². The second-order valence-electron chi connectivity index (χ2n) is 7.74. The summed E-state index contributed by atoms with van der Waals surface area (Å²) in [5.74, 6) is 10.4. The number of nitriles is 1. The molecule has 1 aliphatic carbocycles. The Morgan fingerprint density at radius 2 is 1.94 bits per heavy atom. The molecule has 166 valence electrons. The molecule has 1 amide bonds. The van der Waals surface area contributed by atoms with Crippen LogP contribution in [-0.2, 0) is 10.2 Å². The predicted molar refractivity (Wildman–Crippen MR) is 126 cm³/mol. The number of amides is 1. The van der Waals surface area contributed by atoms with Crippen molar-refractivity contribution in [3.63, 3.8) is 0 Å². The van der Waals surface area contributed by atoms with Gasteiger partial charge in [-0.2, -0.15) is 10.4 Å². The number of carbonyl (C=O) groups excluding carboxylic acids is 1. The number of hydrogen-bond donors (Lipinski definition) is 4. The molecule has 0 spiro atoms. The molecule has 0 unspecified atom stereocenters. The van der Waals surface area contributed by atoms with Crippen molar-refractivity contribution in [1.29, 1.82) is 5.26 Å². The molecular weight excluding hydrogens is 443 g/mol. The fourth-order valence-corrected chi connectivity index (χ4v) is 4.03. The standard InChI is InChI=1S/C24H20ClFN6O/c25-17-3-1-2-16(11-17)24(8-9-24)23(33)30-18-6-7-19(20(12-18)22(31-28)32-29)14-4-5-15(13-27)21(26)10-14/h1-7,10-12H,8-9,28-29H2,(H,30,33)(H,31,32). The minimum absolute atomic E-state index is 0.0652. The number of hydrazone groups is 1. The zero-order valence-electron chi connectivity index (χ0n) is 17.4. The molecule has 1 fully saturated rings. The summed E-state index contributed by atoms with van der Waals surface area (Å²) in [7, 11) is 0. The minimum atomic E-state index is -0.650. The van der Waals surface area contributed by atoms with Gasteiger partial charge in [-0.25, -0.2) is 10.2 Å². The van der Waals surface area contributed by atoms with E-state index in [0.717, 1.165) is 5.56 Å². The highest BCUT2D eigenvalue weighted by molar-refractivity contribution is 6.30. The van der Waals surface area contributed by atoms with Crippen LogP contribution in [0.3, 0.4) is 0 Å². The summed E-state index contributed by atoms with van der Waals surface area (Å²) in [6, 6.07) is 18.4. The first-order valence-corrected chi connectivity index (χ1v) is 10.5. The van der Waals surface area contributed by atoms with Crippen LogP contribution in [-0.4, -0.2) is 11.7 Å². The van der Waals surface area contributed by atoms with E-state index in [1.165, 1.54) is 12.1 Å². The average Bonchev–Trinajstić information content (AvgIpc) is 3.62. The summed E-state index contributed by atoms with van der Waals surface area (Å²) in [6.45, 7) is 0. The number of nitrogens with one attached hydrogen (secondary N) is 2. The van der Waals surface area contributed by atoms with E-state index < -0.39 is 11.2 Å². The van der Waals surface area contributed by atoms with Gasteiger partial charge in [-0.3, -0.25) is 4.79 Å². The normalized spacial score (nSPS) is 14.3. The molecule has 4 rings (SSSR count). The number of nitrogens with two attached hydrogens (primary N) is 2. The van der Waals surface area contributed by atoms with Gasteiger partial charge in [-0.1, -0.05) is 35.9 Å². The number of halogens is 2. The van der Waals surface area contributed by atoms with Crippen molar-refractivity contribution >= 4 is 29.0 Å². The molecule has 7 nitrogen and oxygen atoms in total. The molecule has 9 heteroatoms. The summed E-state index contributed by atoms with van der Waals surface area (Å²) in [6.07, 6.45) is 1.43. The first kappa shape index (κ1) is 22.3. The first-order chi connectivity index (χ1) is 15.9. The lowest BCUT2D eigenvalue weighted by Crippen LogP contribution is -2.33. The van der Waals surface area contributed by atoms with Crippen molar-refractivity contribution in [3.05, 3.63) is 88.2 Å². The topological polar surface area (TPSA) is 129 Å². The highest BCUT2D eigenvalue weighted by Crippen LogP contribution is 2.49. The zero-order chi connectivity index (χ0) is 23.6. The van der Waals surface area contributed by atoms with Crippen LogP contribution < -0.4 is 22.4 Å². The average molecular weight is 463 g/mol. The van der Waals surface area contributed by atoms with E-state index in [1.54, 1.807) is 42.5 Å². The number of hydrazine groups is 1. The van der Waals surface area contributed by atoms with Gasteiger partial charge in [0, 0.05) is 16.3 Å². The van der Waals surface area contributed by atoms with Crippen molar-refractivity contribution in [3.8, 4) is 17.2 Å². The number of rotatable bonds is 5. The van der Waals surface area contributed by atoms with Crippen LogP contribution >= 0.6 is 11.6 Å². The Hall–Kier alpha value is -3.93. The smallest absolute Gasteiger partial charge is 0.235 e. The molecule has 0 bridgehead atoms. The predicted octanol–water partition coefficient (Wildman–Crippen LogP) is 3.77. The van der Waals surface area contributed by atoms with E-state index in [2.05, 4.69) is 15.8 Å². The first-order valence-electron chi connectivity index (χ1n) is 10.1. The molecular formula is C24H20ClFN6O. The van der Waals surface area contributed by atoms with Crippen LogP contribution in [0.25, 0.3) is 11.1 Å². The SMILES string of the molecule is N#Cc1ccc(-c2ccc(NC(=O)C3(c4cccc(Cl)c4)CC3)cc2/C(=N/N)NN)cc1F. The molecule has 0 radical (unpaired) electrons. The Labute approximate surface area is 194 Å². The number of hydrogen-bond acceptors (Lipinski definition) is 5. The monoisotopic (exact) mass is 462 g/mol. The third-order valence-electron chi connectivity index (χ3n) is 5.76. The van der Waals surface area contributed by atoms with E-state index >= 15 is 0 Å². The largest absolute Gasteiger partial charge is 0.325 e. The third-order valence-corrected chi connectivity index (χ3v) is 6.00. The Kier molecular flexibility index (Phi) is 6.01. The molecule has 0 atom stereocenters. The molecule has 0 aliphatic heterocycles. The number of amidine groups is 1. The maximum Gasteiger partial charge on any atom is 0.235 e. The number of anilines is 1. The van der Waals surface area contributed by atoms with Crippen molar-refractivity contribution in [2.75, 3.05) is 5.32 Å². The maximum atomic E-state index is 14.2. The molecule has 6 N–H and O–H groups in total. The van der Waals surface area contributed by atoms with Gasteiger partial charge in [-0.15, -0.1) is 0 Å². The van der Waals surface area contributed by atoms with Crippen LogP contribution in [0.2, 0.25) is 5.02 Å². The lowest BCUT2D eigenvalue weighted by Gasteiger charge is -2.18. The van der Waals surface area contributed by atoms with Gasteiger partial charge < -0.3 is 16.6 Å². The van der Waals surface area contributed by atoms with Gasteiger partial charge in [0.15, 0.2) is 5.84 Å². The fraction of sp³-hybridized carbons (Fsp3) is 0.125. The minimum Gasteiger partial charge on any atom is -0.325 e. The molecule has 0 saturated heterocycles. The Morgan fingerprint density at radius 3 is 2.55 bits per heavy atom. The summed E-state index contributed by atoms with van der Waals surface area (Å²) >= 11 is 6.12. The zero-order valence-corrected chi connectivity index (χ0v) is 18.2. The summed E-state index contributed by atoms with van der Waals surface area (Å²) in [5, 5.41) is 16.2. The Morgan fingerprint density at radius 1 is 1.15 bits per heavy atom. The number of carbonyl (C=O) groups is 1. The number of nitrogens with zero attached hydrogens (tertiary/aromatic N) is 2. The second kappa shape index (κ2) is 8.90. The molecule has 0 aromatic heterocycles. The highest BCUT2D eigenvalue weighted by atomic mass is 35.5. The molecule has 1 saturated carbocycles. The van der Waals surface area contributed by atoms with E-state index in [1.807, 2.05) is 12.1 Å². The van der Waals surface area contributed by atoms with Gasteiger partial charge in [0.1, 0.15) is 11.9 Å². The van der Waals surface area contributed by atoms with Gasteiger partial charge >= 0.3 is 0 Å². The van der Waals surface area contributed by atoms with Crippen molar-refractivity contribution in [2.24, 2.45) is 16.8 Å². The highest BCUT2D eigenvalue weighted by Gasteiger charge is 2.51. The lowest BCUT2D eigenvalue weighted by molar-refractivity contribution is -0.118. The molecule has 3 aromatic carbocycles. The van der Waals surface area contributed by atoms with E-state index in [-0.39, 0.29) is 17.3 Å². The van der Waals surface area contributed by atoms with Crippen molar-refractivity contribution < 1.29 is 9.18 Å². The molecule has 3 aromatic rings. The van der Waals surface area contributed by atoms with Crippen molar-refractivity contribution in [2.45, 2.75) is 18.3 Å². The molecule has 0 heterocycles. The van der Waals surface area contributed by atoms with Crippen LogP contribution in [0.15, 0.2) is 65.8 Å². The molecule has 33 heavy (non-hydrogen) atoms. The number of benzene rings is 3. The summed E-state index contributed by atoms with van der Waals surface area (Å²) in [4.78, 5) is 13.2. The molecule has 1 aliphatic rings. The lowest BCUT2D eigenvalue weighted by atomic mass is 9.94. The van der Waals surface area contributed by atoms with Crippen LogP contribution in [0, 0.1) is 17.1 Å². The van der Waals surface area contributed by atoms with Gasteiger partial charge in [-0.05, 0) is 65.9 Å². The summed E-state index contributed by atoms with van der Waals surface area (Å²) in [5.41, 5.74) is 4.60. The fourth-order valence-electron chi connectivity index (χ4n) is 3.84. The second-order valence-corrected chi connectivity index (χ2v) is 8.17. The van der Waals surface area contributed by atoms with Gasteiger partial charge in [0.25, 0.3) is 0 Å². The Balaban J connectivity index is 1.70. The van der Waals surface area contributed by atoms with E-state index in [9.17, 15) is 9.18 Å². The van der Waals surface area contributed by atoms with Crippen molar-refractivity contribution in [1.82, 2.24) is 5.43 Å².